The highest BCUT2D eigenvalue weighted by molar-refractivity contribution is 6.00. The number of fused-ring (bicyclic) bond motifs is 1. The molecule has 0 radical (unpaired) electrons. The van der Waals surface area contributed by atoms with Crippen molar-refractivity contribution in [2.45, 2.75) is 32.5 Å². The standard InChI is InChI=1S/C21H27N3O4/c1-3-17(15-7-5-4-6-8-15)23-20(25)16-13-18(21(26)22-9-11-27-2)24-10-12-28-14-19(16)24/h4-8,13,17H,3,9-12,14H2,1-2H3,(H,22,26)(H,23,25)/t17-/m1/s1. The lowest BCUT2D eigenvalue weighted by Gasteiger charge is -2.20. The zero-order valence-electron chi connectivity index (χ0n) is 16.4. The van der Waals surface area contributed by atoms with E-state index < -0.39 is 0 Å². The first kappa shape index (κ1) is 20.1. The Bertz CT molecular complexity index is 817. The molecule has 0 unspecified atom stereocenters. The van der Waals surface area contributed by atoms with Gasteiger partial charge in [-0.3, -0.25) is 9.59 Å². The minimum atomic E-state index is -0.214. The SMILES string of the molecule is CC[C@@H](NC(=O)c1cc(C(=O)NCCOC)n2c1COCC2)c1ccccc1. The number of hydrogen-bond donors (Lipinski definition) is 2. The number of methoxy groups -OCH3 is 1. The summed E-state index contributed by atoms with van der Waals surface area (Å²) in [5, 5.41) is 5.92. The smallest absolute Gasteiger partial charge is 0.268 e. The fourth-order valence-electron chi connectivity index (χ4n) is 3.41. The Morgan fingerprint density at radius 3 is 2.75 bits per heavy atom. The van der Waals surface area contributed by atoms with Crippen LogP contribution in [0.15, 0.2) is 36.4 Å². The van der Waals surface area contributed by atoms with Gasteiger partial charge in [0, 0.05) is 20.2 Å². The van der Waals surface area contributed by atoms with Crippen molar-refractivity contribution in [3.63, 3.8) is 0 Å². The van der Waals surface area contributed by atoms with Gasteiger partial charge in [-0.2, -0.15) is 0 Å². The minimum absolute atomic E-state index is 0.0901. The number of rotatable bonds is 8. The molecule has 0 aliphatic carbocycles. The molecule has 0 bridgehead atoms. The number of benzene rings is 1. The van der Waals surface area contributed by atoms with Crippen molar-refractivity contribution < 1.29 is 19.1 Å². The number of amides is 2. The maximum Gasteiger partial charge on any atom is 0.268 e. The Morgan fingerprint density at radius 1 is 1.25 bits per heavy atom. The minimum Gasteiger partial charge on any atom is -0.383 e. The fraction of sp³-hybridized carbons (Fsp3) is 0.429. The number of ether oxygens (including phenoxy) is 2. The second-order valence-electron chi connectivity index (χ2n) is 6.69. The molecule has 0 fully saturated rings. The van der Waals surface area contributed by atoms with Gasteiger partial charge >= 0.3 is 0 Å². The summed E-state index contributed by atoms with van der Waals surface area (Å²) in [6.07, 6.45) is 0.770. The van der Waals surface area contributed by atoms with Crippen molar-refractivity contribution in [3.8, 4) is 0 Å². The average Bonchev–Trinajstić information content (AvgIpc) is 3.12. The number of aromatic nitrogens is 1. The van der Waals surface area contributed by atoms with Gasteiger partial charge in [0.2, 0.25) is 0 Å². The van der Waals surface area contributed by atoms with E-state index in [1.165, 1.54) is 0 Å². The molecule has 2 N–H and O–H groups in total. The molecular formula is C21H27N3O4. The van der Waals surface area contributed by atoms with Crippen LogP contribution in [0.25, 0.3) is 0 Å². The van der Waals surface area contributed by atoms with Crippen molar-refractivity contribution in [2.75, 3.05) is 26.9 Å². The van der Waals surface area contributed by atoms with Gasteiger partial charge in [-0.1, -0.05) is 37.3 Å². The first-order valence-electron chi connectivity index (χ1n) is 9.58. The van der Waals surface area contributed by atoms with E-state index in [1.807, 2.05) is 41.8 Å². The van der Waals surface area contributed by atoms with Gasteiger partial charge in [-0.05, 0) is 18.1 Å². The van der Waals surface area contributed by atoms with Crippen LogP contribution < -0.4 is 10.6 Å². The van der Waals surface area contributed by atoms with Crippen LogP contribution in [0, 0.1) is 0 Å². The highest BCUT2D eigenvalue weighted by Gasteiger charge is 2.27. The van der Waals surface area contributed by atoms with Crippen molar-refractivity contribution in [3.05, 3.63) is 58.9 Å². The molecule has 0 saturated carbocycles. The summed E-state index contributed by atoms with van der Waals surface area (Å²) in [6.45, 7) is 4.26. The lowest BCUT2D eigenvalue weighted by molar-refractivity contribution is 0.0774. The van der Waals surface area contributed by atoms with Crippen molar-refractivity contribution in [1.82, 2.24) is 15.2 Å². The lowest BCUT2D eigenvalue weighted by Crippen LogP contribution is -2.31. The van der Waals surface area contributed by atoms with E-state index in [1.54, 1.807) is 13.2 Å². The van der Waals surface area contributed by atoms with Crippen LogP contribution >= 0.6 is 0 Å². The molecule has 0 saturated heterocycles. The van der Waals surface area contributed by atoms with Crippen molar-refractivity contribution in [1.29, 1.82) is 0 Å². The van der Waals surface area contributed by atoms with Gasteiger partial charge < -0.3 is 24.7 Å². The second kappa shape index (κ2) is 9.52. The number of nitrogens with one attached hydrogen (secondary N) is 2. The van der Waals surface area contributed by atoms with Crippen LogP contribution in [-0.2, 0) is 22.6 Å². The van der Waals surface area contributed by atoms with E-state index in [4.69, 9.17) is 9.47 Å². The van der Waals surface area contributed by atoms with Crippen LogP contribution in [0.4, 0.5) is 0 Å². The van der Waals surface area contributed by atoms with Gasteiger partial charge in [0.1, 0.15) is 5.69 Å². The Kier molecular flexibility index (Phi) is 6.84. The molecule has 2 amide bonds. The zero-order chi connectivity index (χ0) is 19.9. The normalized spacial score (nSPS) is 14.2. The molecular weight excluding hydrogens is 358 g/mol. The van der Waals surface area contributed by atoms with Gasteiger partial charge in [-0.15, -0.1) is 0 Å². The third-order valence-corrected chi connectivity index (χ3v) is 4.89. The molecule has 2 heterocycles. The lowest BCUT2D eigenvalue weighted by atomic mass is 10.0. The van der Waals surface area contributed by atoms with E-state index in [2.05, 4.69) is 10.6 Å². The topological polar surface area (TPSA) is 81.6 Å². The molecule has 1 atom stereocenters. The number of hydrogen-bond acceptors (Lipinski definition) is 4. The molecule has 28 heavy (non-hydrogen) atoms. The molecule has 7 nitrogen and oxygen atoms in total. The predicted octanol–water partition coefficient (Wildman–Crippen LogP) is 2.28. The third kappa shape index (κ3) is 4.43. The van der Waals surface area contributed by atoms with Crippen LogP contribution in [0.3, 0.4) is 0 Å². The second-order valence-corrected chi connectivity index (χ2v) is 6.69. The average molecular weight is 385 g/mol. The van der Waals surface area contributed by atoms with Gasteiger partial charge in [-0.25, -0.2) is 0 Å². The molecule has 7 heteroatoms. The molecule has 1 aromatic carbocycles. The Morgan fingerprint density at radius 2 is 2.04 bits per heavy atom. The summed E-state index contributed by atoms with van der Waals surface area (Å²) < 4.78 is 12.4. The Labute approximate surface area is 165 Å². The quantitative estimate of drug-likeness (QED) is 0.683. The van der Waals surface area contributed by atoms with Crippen molar-refractivity contribution in [2.24, 2.45) is 0 Å². The molecule has 0 spiro atoms. The summed E-state index contributed by atoms with van der Waals surface area (Å²) >= 11 is 0. The van der Waals surface area contributed by atoms with Gasteiger partial charge in [0.05, 0.1) is 37.1 Å². The van der Waals surface area contributed by atoms with Crippen LogP contribution in [0.5, 0.6) is 0 Å². The fourth-order valence-corrected chi connectivity index (χ4v) is 3.41. The van der Waals surface area contributed by atoms with E-state index in [9.17, 15) is 9.59 Å². The first-order chi connectivity index (χ1) is 13.7. The molecule has 150 valence electrons. The van der Waals surface area contributed by atoms with E-state index in [0.29, 0.717) is 44.2 Å². The molecule has 2 aromatic rings. The highest BCUT2D eigenvalue weighted by Crippen LogP contribution is 2.23. The first-order valence-corrected chi connectivity index (χ1v) is 9.58. The third-order valence-electron chi connectivity index (χ3n) is 4.89. The maximum absolute atomic E-state index is 13.0. The Balaban J connectivity index is 1.82. The van der Waals surface area contributed by atoms with Crippen LogP contribution in [0.1, 0.15) is 51.5 Å². The number of nitrogens with zero attached hydrogens (tertiary/aromatic N) is 1. The monoisotopic (exact) mass is 385 g/mol. The number of carbonyl (C=O) groups is 2. The number of carbonyl (C=O) groups excluding carboxylic acids is 2. The summed E-state index contributed by atoms with van der Waals surface area (Å²) in [4.78, 5) is 25.6. The molecule has 3 rings (SSSR count). The van der Waals surface area contributed by atoms with E-state index >= 15 is 0 Å². The largest absolute Gasteiger partial charge is 0.383 e. The van der Waals surface area contributed by atoms with Crippen molar-refractivity contribution >= 4 is 11.8 Å². The summed E-state index contributed by atoms with van der Waals surface area (Å²) in [6, 6.07) is 11.4. The zero-order valence-corrected chi connectivity index (χ0v) is 16.4. The van der Waals surface area contributed by atoms with E-state index in [0.717, 1.165) is 17.7 Å². The van der Waals surface area contributed by atoms with Gasteiger partial charge in [0.15, 0.2) is 0 Å². The predicted molar refractivity (Wildman–Crippen MR) is 105 cm³/mol. The summed E-state index contributed by atoms with van der Waals surface area (Å²) in [7, 11) is 1.59. The van der Waals surface area contributed by atoms with E-state index in [-0.39, 0.29) is 17.9 Å². The van der Waals surface area contributed by atoms with Crippen LogP contribution in [-0.4, -0.2) is 43.2 Å². The summed E-state index contributed by atoms with van der Waals surface area (Å²) in [5.74, 6) is -0.407. The highest BCUT2D eigenvalue weighted by atomic mass is 16.5. The van der Waals surface area contributed by atoms with Gasteiger partial charge in [0.25, 0.3) is 11.8 Å². The van der Waals surface area contributed by atoms with Crippen LogP contribution in [0.2, 0.25) is 0 Å². The Hall–Kier alpha value is -2.64. The molecule has 1 aromatic heterocycles. The molecule has 1 aliphatic heterocycles. The summed E-state index contributed by atoms with van der Waals surface area (Å²) in [5.41, 5.74) is 2.77. The maximum atomic E-state index is 13.0. The molecule has 1 aliphatic rings.